The molecule has 32 heavy (non-hydrogen) atoms. The van der Waals surface area contributed by atoms with Crippen LogP contribution in [-0.4, -0.2) is 79.6 Å². The fourth-order valence-corrected chi connectivity index (χ4v) is 6.20. The maximum Gasteiger partial charge on any atom is 0.453 e. The second-order valence-corrected chi connectivity index (χ2v) is 10.5. The van der Waals surface area contributed by atoms with Gasteiger partial charge in [0, 0.05) is 0 Å². The van der Waals surface area contributed by atoms with Crippen LogP contribution in [0.2, 0.25) is 0 Å². The number of fused-ring (bicyclic) bond motifs is 5. The summed E-state index contributed by atoms with van der Waals surface area (Å²) >= 11 is 0. The minimum atomic E-state index is -5.70. The van der Waals surface area contributed by atoms with Crippen LogP contribution in [0, 0.1) is 0 Å². The standard InChI is InChI=1S/C6H4O22S4/c7-3-2-1-17-26-32(15,16)27-19-5(4(3,8)23-29(9,10)22-3)6(18-2,25-30(11,12)24-5)20-28-31(13,14)21-2/h7-8H,1H2/t2-,3-,4+,5-,6?/m1/s1. The summed E-state index contributed by atoms with van der Waals surface area (Å²) in [5.41, 5.74) is 0. The summed E-state index contributed by atoms with van der Waals surface area (Å²) in [6.45, 7) is -1.93. The lowest BCUT2D eigenvalue weighted by Crippen LogP contribution is -2.87. The zero-order valence-corrected chi connectivity index (χ0v) is 17.2. The van der Waals surface area contributed by atoms with Crippen LogP contribution < -0.4 is 0 Å². The fraction of sp³-hybridized carbons (Fsp3) is 1.00. The molecule has 3 spiro atoms. The van der Waals surface area contributed by atoms with Gasteiger partial charge in [-0.15, -0.1) is 4.89 Å². The number of rotatable bonds is 0. The number of hydrogen-bond donors (Lipinski definition) is 2. The van der Waals surface area contributed by atoms with Gasteiger partial charge in [-0.05, 0) is 0 Å². The largest absolute Gasteiger partial charge is 0.453 e. The summed E-state index contributed by atoms with van der Waals surface area (Å²) in [4.78, 5) is 12.4. The smallest absolute Gasteiger partial charge is 0.356 e. The number of ether oxygens (including phenoxy) is 1. The van der Waals surface area contributed by atoms with E-state index in [1.165, 1.54) is 0 Å². The Kier molecular flexibility index (Phi) is 4.24. The van der Waals surface area contributed by atoms with Crippen molar-refractivity contribution < 1.29 is 97.2 Å². The number of aliphatic hydroxyl groups is 2. The first-order valence-corrected chi connectivity index (χ1v) is 12.4. The van der Waals surface area contributed by atoms with Gasteiger partial charge < -0.3 is 10.2 Å². The van der Waals surface area contributed by atoms with Crippen molar-refractivity contribution in [2.24, 2.45) is 0 Å². The van der Waals surface area contributed by atoms with Crippen LogP contribution in [0.15, 0.2) is 0 Å². The molecule has 0 aliphatic carbocycles. The second kappa shape index (κ2) is 5.89. The molecular weight excluding hydrogens is 552 g/mol. The van der Waals surface area contributed by atoms with Crippen LogP contribution in [-0.2, 0) is 94.9 Å². The molecule has 6 aliphatic heterocycles. The predicted molar refractivity (Wildman–Crippen MR) is 71.7 cm³/mol. The zero-order chi connectivity index (χ0) is 23.7. The van der Waals surface area contributed by atoms with Gasteiger partial charge in [0.05, 0.1) is 0 Å². The van der Waals surface area contributed by atoms with E-state index in [0.29, 0.717) is 0 Å². The van der Waals surface area contributed by atoms with Crippen molar-refractivity contribution in [3.8, 4) is 0 Å². The van der Waals surface area contributed by atoms with E-state index in [2.05, 4.69) is 48.6 Å². The van der Waals surface area contributed by atoms with Gasteiger partial charge in [0.2, 0.25) is 0 Å². The Hall–Kier alpha value is -0.760. The molecule has 0 saturated carbocycles. The van der Waals surface area contributed by atoms with Gasteiger partial charge in [-0.2, -0.15) is 46.9 Å². The quantitative estimate of drug-likeness (QED) is 0.263. The fourth-order valence-electron chi connectivity index (χ4n) is 3.02. The van der Waals surface area contributed by atoms with Crippen LogP contribution in [0.3, 0.4) is 0 Å². The van der Waals surface area contributed by atoms with Crippen molar-refractivity contribution in [3.63, 3.8) is 0 Å². The van der Waals surface area contributed by atoms with Gasteiger partial charge in [0.1, 0.15) is 6.61 Å². The topological polar surface area (TPSA) is 288 Å². The predicted octanol–water partition coefficient (Wildman–Crippen LogP) is -5.60. The molecule has 5 atom stereocenters. The summed E-state index contributed by atoms with van der Waals surface area (Å²) in [5.74, 6) is -21.2. The van der Waals surface area contributed by atoms with Gasteiger partial charge in [-0.3, -0.25) is 4.74 Å². The molecule has 0 radical (unpaired) electrons. The molecule has 2 N–H and O–H groups in total. The molecule has 6 saturated heterocycles. The van der Waals surface area contributed by atoms with Crippen LogP contribution in [0.1, 0.15) is 0 Å². The minimum Gasteiger partial charge on any atom is -0.356 e. The highest BCUT2D eigenvalue weighted by Gasteiger charge is 2.99. The van der Waals surface area contributed by atoms with Crippen LogP contribution in [0.4, 0.5) is 0 Å². The normalized spacial score (nSPS) is 52.4. The molecule has 0 aromatic carbocycles. The molecule has 26 heteroatoms. The lowest BCUT2D eigenvalue weighted by molar-refractivity contribution is -0.646. The van der Waals surface area contributed by atoms with Gasteiger partial charge in [-0.1, -0.05) is 13.0 Å². The Morgan fingerprint density at radius 2 is 1.19 bits per heavy atom. The van der Waals surface area contributed by atoms with E-state index in [-0.39, 0.29) is 0 Å². The Morgan fingerprint density at radius 1 is 0.594 bits per heavy atom. The van der Waals surface area contributed by atoms with Crippen LogP contribution >= 0.6 is 0 Å². The molecule has 184 valence electrons. The van der Waals surface area contributed by atoms with E-state index in [1.54, 1.807) is 0 Å². The summed E-state index contributed by atoms with van der Waals surface area (Å²) < 4.78 is 133. The molecule has 6 aliphatic rings. The third kappa shape index (κ3) is 2.68. The third-order valence-corrected chi connectivity index (χ3v) is 7.04. The highest BCUT2D eigenvalue weighted by molar-refractivity contribution is 7.83. The first kappa shape index (κ1) is 23.0. The average molecular weight is 556 g/mol. The highest BCUT2D eigenvalue weighted by Crippen LogP contribution is 2.66. The molecule has 3 bridgehead atoms. The summed E-state index contributed by atoms with van der Waals surface area (Å²) in [7, 11) is -22.6. The van der Waals surface area contributed by atoms with Gasteiger partial charge in [-0.25, -0.2) is 17.4 Å². The van der Waals surface area contributed by atoms with E-state index in [4.69, 9.17) is 4.74 Å². The molecule has 6 fully saturated rings. The molecule has 0 aromatic rings. The molecular formula is C6H4O22S4. The van der Waals surface area contributed by atoms with E-state index in [1.807, 2.05) is 0 Å². The van der Waals surface area contributed by atoms with E-state index in [0.717, 1.165) is 0 Å². The maximum absolute atomic E-state index is 12.1. The molecule has 1 unspecified atom stereocenters. The van der Waals surface area contributed by atoms with E-state index >= 15 is 0 Å². The Morgan fingerprint density at radius 3 is 1.88 bits per heavy atom. The van der Waals surface area contributed by atoms with Gasteiger partial charge in [0.25, 0.3) is 5.79 Å². The third-order valence-electron chi connectivity index (χ3n) is 4.08. The summed E-state index contributed by atoms with van der Waals surface area (Å²) in [6.07, 6.45) is 0. The first-order chi connectivity index (χ1) is 14.4. The Bertz CT molecular complexity index is 1310. The van der Waals surface area contributed by atoms with Gasteiger partial charge in [0.15, 0.2) is 0 Å². The average Bonchev–Trinajstić information content (AvgIpc) is 2.90. The van der Waals surface area contributed by atoms with Crippen molar-refractivity contribution >= 4 is 41.6 Å². The van der Waals surface area contributed by atoms with Crippen molar-refractivity contribution in [2.75, 3.05) is 6.61 Å². The lowest BCUT2D eigenvalue weighted by Gasteiger charge is -2.54. The molecule has 0 aromatic heterocycles. The Labute approximate surface area is 174 Å². The molecule has 0 amide bonds. The lowest BCUT2D eigenvalue weighted by atomic mass is 9.84. The van der Waals surface area contributed by atoms with Crippen molar-refractivity contribution in [2.45, 2.75) is 29.1 Å². The maximum atomic E-state index is 12.1. The van der Waals surface area contributed by atoms with E-state index in [9.17, 15) is 43.9 Å². The SMILES string of the molecule is O=S1(=O)OOC[C@@]23OC4(OOS(=O)(=O)O2)OS(=O)(=O)O[C@]4(OO1)[C@@]1(O)OS(=O)(=O)O[C@]31O. The van der Waals surface area contributed by atoms with Crippen LogP contribution in [0.5, 0.6) is 0 Å². The van der Waals surface area contributed by atoms with Crippen molar-refractivity contribution in [3.05, 3.63) is 0 Å². The van der Waals surface area contributed by atoms with Gasteiger partial charge >= 0.3 is 64.9 Å². The van der Waals surface area contributed by atoms with E-state index < -0.39 is 77.3 Å². The summed E-state index contributed by atoms with van der Waals surface area (Å²) in [6, 6.07) is 0. The minimum absolute atomic E-state index is 1.93. The van der Waals surface area contributed by atoms with Crippen molar-refractivity contribution in [1.29, 1.82) is 0 Å². The highest BCUT2D eigenvalue weighted by atomic mass is 32.3. The summed E-state index contributed by atoms with van der Waals surface area (Å²) in [5, 5.41) is 22.0. The molecule has 6 rings (SSSR count). The molecule has 6 heterocycles. The molecule has 22 nitrogen and oxygen atoms in total. The number of hydrogen-bond acceptors (Lipinski definition) is 22. The zero-order valence-electron chi connectivity index (χ0n) is 13.9. The Balaban J connectivity index is 1.93. The van der Waals surface area contributed by atoms with Crippen LogP contribution in [0.25, 0.3) is 0 Å². The second-order valence-electron chi connectivity index (χ2n) is 6.00. The monoisotopic (exact) mass is 556 g/mol. The first-order valence-electron chi connectivity index (χ1n) is 7.09. The van der Waals surface area contributed by atoms with Crippen molar-refractivity contribution in [1.82, 2.24) is 0 Å².